The molecule has 4 heterocycles. The molecule has 3 aliphatic heterocycles. The molecular formula is C25H23N3O6. The average Bonchev–Trinajstić information content (AvgIpc) is 3.45. The topological polar surface area (TPSA) is 126 Å². The van der Waals surface area contributed by atoms with Gasteiger partial charge in [-0.05, 0) is 48.7 Å². The highest BCUT2D eigenvalue weighted by Gasteiger charge is 2.62. The Balaban J connectivity index is 1.24. The Hall–Kier alpha value is -3.85. The van der Waals surface area contributed by atoms with Crippen molar-refractivity contribution in [1.82, 2.24) is 9.88 Å². The van der Waals surface area contributed by atoms with Gasteiger partial charge in [-0.2, -0.15) is 0 Å². The maximum absolute atomic E-state index is 13.1. The van der Waals surface area contributed by atoms with Gasteiger partial charge in [-0.1, -0.05) is 24.3 Å². The molecule has 2 fully saturated rings. The van der Waals surface area contributed by atoms with Crippen molar-refractivity contribution < 1.29 is 29.0 Å². The van der Waals surface area contributed by atoms with Crippen LogP contribution in [0, 0.1) is 18.8 Å². The number of aliphatic carboxylic acids is 1. The number of aryl methyl sites for hydroxylation is 1. The number of likely N-dealkylation sites (tertiary alicyclic amines) is 1. The summed E-state index contributed by atoms with van der Waals surface area (Å²) in [6.07, 6.45) is 1.06. The Morgan fingerprint density at radius 1 is 1.09 bits per heavy atom. The summed E-state index contributed by atoms with van der Waals surface area (Å²) in [5, 5.41) is 11.7. The second-order valence-electron chi connectivity index (χ2n) is 8.79. The predicted molar refractivity (Wildman–Crippen MR) is 120 cm³/mol. The Bertz CT molecular complexity index is 1220. The first-order chi connectivity index (χ1) is 16.3. The Morgan fingerprint density at radius 2 is 1.82 bits per heavy atom. The number of carboxylic acids is 1. The second kappa shape index (κ2) is 8.49. The normalized spacial score (nSPS) is 24.9. The minimum atomic E-state index is -0.914. The van der Waals surface area contributed by atoms with E-state index in [1.54, 1.807) is 36.4 Å². The van der Waals surface area contributed by atoms with E-state index in [1.807, 2.05) is 19.1 Å². The van der Waals surface area contributed by atoms with Gasteiger partial charge in [-0.15, -0.1) is 0 Å². The van der Waals surface area contributed by atoms with Crippen LogP contribution in [0.25, 0.3) is 0 Å². The highest BCUT2D eigenvalue weighted by atomic mass is 16.5. The SMILES string of the molecule is Cc1cccc(NC(=O)c2ccc(CN3C(=O)[C@@H]4[C@H](C3=O)[C@@H]3O[C@H]4C=C3CCC(=O)O)cc2)n1. The number of carbonyl (C=O) groups is 4. The summed E-state index contributed by atoms with van der Waals surface area (Å²) in [4.78, 5) is 55.0. The lowest BCUT2D eigenvalue weighted by Gasteiger charge is -2.19. The maximum atomic E-state index is 13.1. The largest absolute Gasteiger partial charge is 0.481 e. The third-order valence-electron chi connectivity index (χ3n) is 6.53. The van der Waals surface area contributed by atoms with Crippen molar-refractivity contribution in [2.24, 2.45) is 11.8 Å². The number of hydrogen-bond acceptors (Lipinski definition) is 6. The van der Waals surface area contributed by atoms with Crippen LogP contribution in [0.2, 0.25) is 0 Å². The molecule has 1 aromatic heterocycles. The third-order valence-corrected chi connectivity index (χ3v) is 6.53. The number of anilines is 1. The van der Waals surface area contributed by atoms with Crippen LogP contribution in [0.1, 0.15) is 34.5 Å². The molecule has 2 bridgehead atoms. The molecule has 34 heavy (non-hydrogen) atoms. The van der Waals surface area contributed by atoms with Crippen molar-refractivity contribution in [1.29, 1.82) is 0 Å². The average molecular weight is 461 g/mol. The van der Waals surface area contributed by atoms with E-state index in [4.69, 9.17) is 9.84 Å². The summed E-state index contributed by atoms with van der Waals surface area (Å²) in [5.41, 5.74) is 2.73. The highest BCUT2D eigenvalue weighted by Crippen LogP contribution is 2.49. The van der Waals surface area contributed by atoms with E-state index in [1.165, 1.54) is 4.90 Å². The summed E-state index contributed by atoms with van der Waals surface area (Å²) in [6.45, 7) is 1.94. The number of carboxylic acid groups (broad SMARTS) is 1. The fourth-order valence-corrected chi connectivity index (χ4v) is 4.92. The Morgan fingerprint density at radius 3 is 2.53 bits per heavy atom. The fraction of sp³-hybridized carbons (Fsp3) is 0.320. The molecule has 2 N–H and O–H groups in total. The number of carbonyl (C=O) groups excluding carboxylic acids is 3. The van der Waals surface area contributed by atoms with Gasteiger partial charge in [0.1, 0.15) is 5.82 Å². The van der Waals surface area contributed by atoms with E-state index < -0.39 is 30.0 Å². The van der Waals surface area contributed by atoms with Crippen LogP contribution in [0.3, 0.4) is 0 Å². The fourth-order valence-electron chi connectivity index (χ4n) is 4.92. The number of benzene rings is 1. The molecular weight excluding hydrogens is 438 g/mol. The Labute approximate surface area is 195 Å². The molecule has 0 radical (unpaired) electrons. The summed E-state index contributed by atoms with van der Waals surface area (Å²) in [7, 11) is 0. The van der Waals surface area contributed by atoms with Gasteiger partial charge < -0.3 is 15.2 Å². The molecule has 4 atom stereocenters. The monoisotopic (exact) mass is 461 g/mol. The number of pyridine rings is 1. The number of imide groups is 1. The molecule has 3 aliphatic rings. The summed E-state index contributed by atoms with van der Waals surface area (Å²) >= 11 is 0. The van der Waals surface area contributed by atoms with Crippen LogP contribution >= 0.6 is 0 Å². The molecule has 0 saturated carbocycles. The summed E-state index contributed by atoms with van der Waals surface area (Å²) in [6, 6.07) is 12.1. The number of fused-ring (bicyclic) bond motifs is 5. The van der Waals surface area contributed by atoms with Crippen LogP contribution in [0.4, 0.5) is 5.82 Å². The van der Waals surface area contributed by atoms with Gasteiger partial charge in [0.05, 0.1) is 30.6 Å². The van der Waals surface area contributed by atoms with Crippen LogP contribution in [-0.2, 0) is 25.7 Å². The molecule has 2 aromatic rings. The first-order valence-electron chi connectivity index (χ1n) is 11.1. The second-order valence-corrected chi connectivity index (χ2v) is 8.79. The summed E-state index contributed by atoms with van der Waals surface area (Å²) < 4.78 is 5.82. The van der Waals surface area contributed by atoms with Crippen molar-refractivity contribution >= 4 is 29.5 Å². The number of aromatic nitrogens is 1. The molecule has 5 rings (SSSR count). The van der Waals surface area contributed by atoms with Crippen LogP contribution in [0.5, 0.6) is 0 Å². The van der Waals surface area contributed by atoms with E-state index >= 15 is 0 Å². The summed E-state index contributed by atoms with van der Waals surface area (Å²) in [5.74, 6) is -2.48. The van der Waals surface area contributed by atoms with E-state index in [-0.39, 0.29) is 30.7 Å². The zero-order valence-electron chi connectivity index (χ0n) is 18.4. The zero-order valence-corrected chi connectivity index (χ0v) is 18.4. The van der Waals surface area contributed by atoms with Crippen LogP contribution in [0.15, 0.2) is 54.1 Å². The lowest BCUT2D eigenvalue weighted by atomic mass is 9.80. The molecule has 1 aromatic carbocycles. The van der Waals surface area contributed by atoms with Gasteiger partial charge in [0.2, 0.25) is 11.8 Å². The minimum absolute atomic E-state index is 0.0402. The molecule has 0 spiro atoms. The first kappa shape index (κ1) is 22.0. The lowest BCUT2D eigenvalue weighted by molar-refractivity contribution is -0.143. The predicted octanol–water partition coefficient (Wildman–Crippen LogP) is 2.32. The third kappa shape index (κ3) is 3.88. The van der Waals surface area contributed by atoms with Crippen molar-refractivity contribution in [2.75, 3.05) is 5.32 Å². The van der Waals surface area contributed by atoms with E-state index in [0.29, 0.717) is 17.8 Å². The Kier molecular flexibility index (Phi) is 5.49. The van der Waals surface area contributed by atoms with Gasteiger partial charge in [0.15, 0.2) is 0 Å². The molecule has 174 valence electrons. The van der Waals surface area contributed by atoms with Crippen LogP contribution in [-0.4, -0.2) is 50.9 Å². The number of nitrogens with one attached hydrogen (secondary N) is 1. The number of rotatable bonds is 7. The van der Waals surface area contributed by atoms with Gasteiger partial charge in [0.25, 0.3) is 5.91 Å². The number of nitrogens with zero attached hydrogens (tertiary/aromatic N) is 2. The van der Waals surface area contributed by atoms with Crippen molar-refractivity contribution in [3.8, 4) is 0 Å². The molecule has 2 saturated heterocycles. The standard InChI is InChI=1S/C25H23N3O6/c1-13-3-2-4-18(26-13)27-23(31)15-7-5-14(6-8-15)12-28-24(32)20-17-11-16(9-10-19(29)30)22(34-17)21(20)25(28)33/h2-8,11,17,20-22H,9-10,12H2,1H3,(H,29,30)(H,26,27,31)/t17-,20-,21-,22+/m0/s1. The lowest BCUT2D eigenvalue weighted by Crippen LogP contribution is -2.34. The zero-order chi connectivity index (χ0) is 24.0. The highest BCUT2D eigenvalue weighted by molar-refractivity contribution is 6.07. The first-order valence-corrected chi connectivity index (χ1v) is 11.1. The van der Waals surface area contributed by atoms with E-state index in [0.717, 1.165) is 16.8 Å². The minimum Gasteiger partial charge on any atom is -0.481 e. The van der Waals surface area contributed by atoms with E-state index in [9.17, 15) is 19.2 Å². The number of amides is 3. The molecule has 3 amide bonds. The van der Waals surface area contributed by atoms with Gasteiger partial charge in [-0.3, -0.25) is 24.1 Å². The molecule has 0 unspecified atom stereocenters. The van der Waals surface area contributed by atoms with E-state index in [2.05, 4.69) is 10.3 Å². The van der Waals surface area contributed by atoms with Gasteiger partial charge >= 0.3 is 5.97 Å². The molecule has 9 heteroatoms. The molecule has 0 aliphatic carbocycles. The maximum Gasteiger partial charge on any atom is 0.303 e. The molecule has 9 nitrogen and oxygen atoms in total. The van der Waals surface area contributed by atoms with Crippen molar-refractivity contribution in [3.05, 3.63) is 70.9 Å². The van der Waals surface area contributed by atoms with Gasteiger partial charge in [-0.25, -0.2) is 4.98 Å². The van der Waals surface area contributed by atoms with Crippen LogP contribution < -0.4 is 5.32 Å². The van der Waals surface area contributed by atoms with Crippen molar-refractivity contribution in [2.45, 2.75) is 38.5 Å². The smallest absolute Gasteiger partial charge is 0.303 e. The number of ether oxygens (including phenoxy) is 1. The quantitative estimate of drug-likeness (QED) is 0.479. The van der Waals surface area contributed by atoms with Gasteiger partial charge in [0, 0.05) is 17.7 Å². The van der Waals surface area contributed by atoms with Crippen molar-refractivity contribution in [3.63, 3.8) is 0 Å². The number of hydrogen-bond donors (Lipinski definition) is 2.